The highest BCUT2D eigenvalue weighted by molar-refractivity contribution is 6.24. The molecule has 0 aliphatic carbocycles. The van der Waals surface area contributed by atoms with Gasteiger partial charge in [0.05, 0.1) is 31.1 Å². The Morgan fingerprint density at radius 3 is 1.67 bits per heavy atom. The van der Waals surface area contributed by atoms with Gasteiger partial charge in [-0.2, -0.15) is 0 Å². The third-order valence-corrected chi connectivity index (χ3v) is 3.20. The molecule has 7 N–H and O–H groups in total. The standard InChI is InChI=1S/C14H20ClN3O6/c15-18-10-2-8(13(23)16-4-11(21)6-19)1-9(3-10)14(24)17-5-12(22)7-20/h1-3,11-12,18-22H,4-7H2,(H,16,23)(H,17,24). The monoisotopic (exact) mass is 361 g/mol. The van der Waals surface area contributed by atoms with E-state index in [1.54, 1.807) is 0 Å². The van der Waals surface area contributed by atoms with Crippen LogP contribution in [0.25, 0.3) is 0 Å². The highest BCUT2D eigenvalue weighted by Crippen LogP contribution is 2.16. The Morgan fingerprint density at radius 1 is 0.917 bits per heavy atom. The molecule has 1 aromatic carbocycles. The van der Waals surface area contributed by atoms with Gasteiger partial charge in [-0.05, 0) is 18.2 Å². The Morgan fingerprint density at radius 2 is 1.33 bits per heavy atom. The van der Waals surface area contributed by atoms with Crippen molar-refractivity contribution >= 4 is 29.3 Å². The van der Waals surface area contributed by atoms with E-state index < -0.39 is 37.2 Å². The Balaban J connectivity index is 2.87. The van der Waals surface area contributed by atoms with Gasteiger partial charge in [0, 0.05) is 36.0 Å². The first-order chi connectivity index (χ1) is 11.4. The predicted octanol–water partition coefficient (Wildman–Crippen LogP) is -1.58. The zero-order valence-corrected chi connectivity index (χ0v) is 13.5. The molecule has 0 saturated heterocycles. The summed E-state index contributed by atoms with van der Waals surface area (Å²) in [6, 6.07) is 4.10. The number of amides is 2. The van der Waals surface area contributed by atoms with Crippen LogP contribution in [0.4, 0.5) is 5.69 Å². The molecule has 0 aromatic heterocycles. The smallest absolute Gasteiger partial charge is 0.251 e. The van der Waals surface area contributed by atoms with E-state index in [1.165, 1.54) is 18.2 Å². The van der Waals surface area contributed by atoms with Crippen molar-refractivity contribution in [3.05, 3.63) is 29.3 Å². The Kier molecular flexibility index (Phi) is 8.44. The molecule has 0 aliphatic heterocycles. The molecule has 24 heavy (non-hydrogen) atoms. The van der Waals surface area contributed by atoms with Gasteiger partial charge in [-0.25, -0.2) is 0 Å². The summed E-state index contributed by atoms with van der Waals surface area (Å²) in [7, 11) is 0. The first kappa shape index (κ1) is 20.1. The number of nitrogens with one attached hydrogen (secondary N) is 3. The summed E-state index contributed by atoms with van der Waals surface area (Å²) in [5.74, 6) is -1.14. The van der Waals surface area contributed by atoms with Gasteiger partial charge in [-0.3, -0.25) is 14.4 Å². The number of anilines is 1. The summed E-state index contributed by atoms with van der Waals surface area (Å²) < 4.78 is 0. The maximum absolute atomic E-state index is 12.0. The van der Waals surface area contributed by atoms with Gasteiger partial charge in [0.2, 0.25) is 0 Å². The fourth-order valence-electron chi connectivity index (χ4n) is 1.70. The summed E-state index contributed by atoms with van der Waals surface area (Å²) in [6.07, 6.45) is -2.18. The van der Waals surface area contributed by atoms with Crippen LogP contribution in [-0.2, 0) is 0 Å². The minimum atomic E-state index is -1.09. The van der Waals surface area contributed by atoms with Gasteiger partial charge in [-0.1, -0.05) is 0 Å². The van der Waals surface area contributed by atoms with E-state index in [2.05, 4.69) is 15.5 Å². The van der Waals surface area contributed by atoms with Crippen LogP contribution in [0.2, 0.25) is 0 Å². The number of rotatable bonds is 9. The van der Waals surface area contributed by atoms with Crippen molar-refractivity contribution in [3.63, 3.8) is 0 Å². The normalized spacial score (nSPS) is 13.0. The third-order valence-electron chi connectivity index (χ3n) is 2.98. The molecule has 1 rings (SSSR count). The summed E-state index contributed by atoms with van der Waals surface area (Å²) >= 11 is 5.52. The molecule has 0 saturated carbocycles. The minimum Gasteiger partial charge on any atom is -0.394 e. The molecule has 0 aliphatic rings. The fraction of sp³-hybridized carbons (Fsp3) is 0.429. The SMILES string of the molecule is O=C(NCC(O)CO)c1cc(NCl)cc(C(=O)NCC(O)CO)c1. The molecule has 9 nitrogen and oxygen atoms in total. The van der Waals surface area contributed by atoms with Crippen LogP contribution in [0.5, 0.6) is 0 Å². The van der Waals surface area contributed by atoms with Crippen LogP contribution in [0.3, 0.4) is 0 Å². The molecule has 0 radical (unpaired) electrons. The first-order valence-corrected chi connectivity index (χ1v) is 7.45. The van der Waals surface area contributed by atoms with Crippen molar-refractivity contribution in [1.82, 2.24) is 10.6 Å². The van der Waals surface area contributed by atoms with Crippen molar-refractivity contribution in [3.8, 4) is 0 Å². The van der Waals surface area contributed by atoms with E-state index in [0.717, 1.165) is 0 Å². The number of carbonyl (C=O) groups excluding carboxylic acids is 2. The van der Waals surface area contributed by atoms with Crippen LogP contribution in [0.15, 0.2) is 18.2 Å². The lowest BCUT2D eigenvalue weighted by atomic mass is 10.1. The Hall–Kier alpha value is -1.91. The topological polar surface area (TPSA) is 151 Å². The van der Waals surface area contributed by atoms with Gasteiger partial charge in [-0.15, -0.1) is 0 Å². The molecule has 134 valence electrons. The molecule has 0 heterocycles. The van der Waals surface area contributed by atoms with Crippen LogP contribution in [0, 0.1) is 0 Å². The second-order valence-electron chi connectivity index (χ2n) is 4.99. The summed E-state index contributed by atoms with van der Waals surface area (Å²) in [4.78, 5) is 26.4. The van der Waals surface area contributed by atoms with Gasteiger partial charge in [0.25, 0.3) is 11.8 Å². The highest BCUT2D eigenvalue weighted by atomic mass is 35.5. The van der Waals surface area contributed by atoms with Crippen LogP contribution >= 0.6 is 11.8 Å². The van der Waals surface area contributed by atoms with Crippen molar-refractivity contribution in [2.75, 3.05) is 31.1 Å². The van der Waals surface area contributed by atoms with E-state index in [0.29, 0.717) is 5.69 Å². The number of benzene rings is 1. The van der Waals surface area contributed by atoms with E-state index in [-0.39, 0.29) is 24.2 Å². The number of hydrogen-bond acceptors (Lipinski definition) is 7. The van der Waals surface area contributed by atoms with Crippen LogP contribution in [-0.4, -0.2) is 70.8 Å². The zero-order valence-electron chi connectivity index (χ0n) is 12.7. The van der Waals surface area contributed by atoms with E-state index in [9.17, 15) is 19.8 Å². The van der Waals surface area contributed by atoms with Crippen molar-refractivity contribution in [2.24, 2.45) is 0 Å². The van der Waals surface area contributed by atoms with Crippen molar-refractivity contribution in [1.29, 1.82) is 0 Å². The molecule has 2 atom stereocenters. The number of halogens is 1. The number of aliphatic hydroxyl groups excluding tert-OH is 4. The van der Waals surface area contributed by atoms with E-state index in [4.69, 9.17) is 22.0 Å². The summed E-state index contributed by atoms with van der Waals surface area (Å²) in [5, 5.41) is 40.7. The lowest BCUT2D eigenvalue weighted by molar-refractivity contribution is 0.0800. The van der Waals surface area contributed by atoms with Crippen molar-refractivity contribution < 1.29 is 30.0 Å². The van der Waals surface area contributed by atoms with Crippen LogP contribution < -0.4 is 15.5 Å². The van der Waals surface area contributed by atoms with Gasteiger partial charge < -0.3 is 31.1 Å². The van der Waals surface area contributed by atoms with Gasteiger partial charge in [0.15, 0.2) is 0 Å². The second-order valence-corrected chi connectivity index (χ2v) is 5.18. The molecule has 0 fully saturated rings. The average Bonchev–Trinajstić information content (AvgIpc) is 2.62. The van der Waals surface area contributed by atoms with E-state index >= 15 is 0 Å². The average molecular weight is 362 g/mol. The molecule has 2 unspecified atom stereocenters. The fourth-order valence-corrected chi connectivity index (χ4v) is 1.81. The maximum Gasteiger partial charge on any atom is 0.251 e. The lowest BCUT2D eigenvalue weighted by Crippen LogP contribution is -2.35. The van der Waals surface area contributed by atoms with Crippen molar-refractivity contribution in [2.45, 2.75) is 12.2 Å². The quantitative estimate of drug-likeness (QED) is 0.262. The lowest BCUT2D eigenvalue weighted by Gasteiger charge is -2.12. The van der Waals surface area contributed by atoms with Crippen LogP contribution in [0.1, 0.15) is 20.7 Å². The highest BCUT2D eigenvalue weighted by Gasteiger charge is 2.15. The number of hydrogen-bond donors (Lipinski definition) is 7. The maximum atomic E-state index is 12.0. The molecule has 2 amide bonds. The third kappa shape index (κ3) is 6.30. The minimum absolute atomic E-state index is 0.110. The largest absolute Gasteiger partial charge is 0.394 e. The number of aliphatic hydroxyl groups is 4. The molecule has 1 aromatic rings. The molecular weight excluding hydrogens is 342 g/mol. The number of carbonyl (C=O) groups is 2. The Labute approximate surface area is 143 Å². The first-order valence-electron chi connectivity index (χ1n) is 7.07. The molecule has 10 heteroatoms. The van der Waals surface area contributed by atoms with Gasteiger partial charge >= 0.3 is 0 Å². The van der Waals surface area contributed by atoms with E-state index in [1.807, 2.05) is 0 Å². The zero-order chi connectivity index (χ0) is 18.1. The molecule has 0 spiro atoms. The predicted molar refractivity (Wildman–Crippen MR) is 86.8 cm³/mol. The summed E-state index contributed by atoms with van der Waals surface area (Å²) in [6.45, 7) is -1.30. The molecular formula is C14H20ClN3O6. The summed E-state index contributed by atoms with van der Waals surface area (Å²) in [5.41, 5.74) is 0.511. The Bertz CT molecular complexity index is 527. The molecule has 0 bridgehead atoms. The van der Waals surface area contributed by atoms with Gasteiger partial charge in [0.1, 0.15) is 0 Å². The second kappa shape index (κ2) is 10.1.